The Kier molecular flexibility index (Phi) is 27.4. The lowest BCUT2D eigenvalue weighted by Crippen LogP contribution is -2.58. The third-order valence-electron chi connectivity index (χ3n) is 14.7. The average molecular weight is 1110 g/mol. The van der Waals surface area contributed by atoms with Gasteiger partial charge in [-0.15, -0.1) is 13.5 Å². The van der Waals surface area contributed by atoms with Gasteiger partial charge in [0.25, 0.3) is 5.91 Å². The molecule has 4 rings (SSSR count). The molecule has 8 N–H and O–H groups in total. The Morgan fingerprint density at radius 1 is 0.646 bits per heavy atom. The Balaban J connectivity index is 1.35. The van der Waals surface area contributed by atoms with Crippen molar-refractivity contribution in [2.75, 3.05) is 113 Å². The second-order valence-electron chi connectivity index (χ2n) is 20.2. The molecule has 5 amide bonds. The summed E-state index contributed by atoms with van der Waals surface area (Å²) < 4.78 is 15.1. The number of ether oxygens (including phenoxy) is 3. The maximum atomic E-state index is 14.0. The van der Waals surface area contributed by atoms with E-state index in [4.69, 9.17) is 19.3 Å². The number of urea groups is 1. The maximum absolute atomic E-state index is 14.0. The number of hydrogen-bond donors (Lipinski definition) is 8. The van der Waals surface area contributed by atoms with Crippen LogP contribution in [0.3, 0.4) is 0 Å². The Labute approximate surface area is 460 Å². The van der Waals surface area contributed by atoms with Gasteiger partial charge in [0.1, 0.15) is 24.7 Å². The van der Waals surface area contributed by atoms with E-state index in [2.05, 4.69) is 26.6 Å². The van der Waals surface area contributed by atoms with Gasteiger partial charge in [-0.05, 0) is 73.6 Å². The Morgan fingerprint density at radius 3 is 1.70 bits per heavy atom. The second-order valence-corrected chi connectivity index (χ2v) is 20.2. The molecule has 0 unspecified atom stereocenters. The van der Waals surface area contributed by atoms with Gasteiger partial charge in [-0.3, -0.25) is 48.3 Å². The van der Waals surface area contributed by atoms with E-state index in [-0.39, 0.29) is 74.2 Å². The maximum Gasteiger partial charge on any atom is 0.326 e. The number of unbranched alkanes of at least 4 members (excludes halogenated alkanes) is 1. The van der Waals surface area contributed by atoms with Crippen LogP contribution >= 0.6 is 0 Å². The van der Waals surface area contributed by atoms with Crippen molar-refractivity contribution >= 4 is 70.3 Å². The molecule has 25 heteroatoms. The zero-order valence-corrected chi connectivity index (χ0v) is 45.9. The van der Waals surface area contributed by atoms with E-state index in [9.17, 15) is 58.2 Å². The van der Waals surface area contributed by atoms with Gasteiger partial charge >= 0.3 is 41.8 Å². The number of hydrogen-bond acceptors (Lipinski definition) is 16. The van der Waals surface area contributed by atoms with Crippen molar-refractivity contribution in [3.05, 3.63) is 54.6 Å². The highest BCUT2D eigenvalue weighted by Crippen LogP contribution is 2.29. The standard InChI is InChI=1S/C54H81N9O16/c1-5-63(28-26-61(34-48(68)78-3)24-22-60(33-47(67)77-2)23-25-62(27-29-63)35-49(69)79-4)36-45(64)56-32-37-13-17-40(18-14-37)50(70)57-44(31-38-15-16-39-10-6-7-11-41(39)30-38)51(71)55-21-9-8-12-42(52(72)73)58-54(76)59-43(53(74)75)19-20-46(65)66/h5-7,10-11,15-16,30,37,40,42-44H,8-9,12-14,17-29,31-36H2,1-4H3,(H,55,71)(H,56,64)(H,57,70)(H,65,66)(H,72,73)(H,74,75)(H2,58,59,76)/t37?,40?,42-,43-,44-/m0/s1. The molecule has 1 saturated heterocycles. The molecule has 1 aliphatic carbocycles. The van der Waals surface area contributed by atoms with Gasteiger partial charge in [0, 0.05) is 71.1 Å². The first kappa shape index (κ1) is 64.6. The summed E-state index contributed by atoms with van der Waals surface area (Å²) >= 11 is 0. The molecule has 1 heterocycles. The van der Waals surface area contributed by atoms with Crippen molar-refractivity contribution in [1.82, 2.24) is 41.3 Å². The van der Waals surface area contributed by atoms with E-state index < -0.39 is 84.6 Å². The quantitative estimate of drug-likeness (QED) is 0.0190. The number of quaternary nitrogens is 1. The third kappa shape index (κ3) is 23.1. The average Bonchev–Trinajstić information content (AvgIpc) is 3.43. The fourth-order valence-electron chi connectivity index (χ4n) is 9.70. The van der Waals surface area contributed by atoms with Crippen LogP contribution in [-0.2, 0) is 63.8 Å². The summed E-state index contributed by atoms with van der Waals surface area (Å²) in [4.78, 5) is 132. The highest BCUT2D eigenvalue weighted by Gasteiger charge is 2.32. The summed E-state index contributed by atoms with van der Waals surface area (Å²) in [6, 6.07) is 8.58. The predicted octanol–water partition coefficient (Wildman–Crippen LogP) is 0.584. The molecule has 0 spiro atoms. The second kappa shape index (κ2) is 33.5. The van der Waals surface area contributed by atoms with Crippen molar-refractivity contribution < 1.29 is 82.0 Å². The van der Waals surface area contributed by atoms with Crippen LogP contribution in [0.25, 0.3) is 10.8 Å². The number of carboxylic acids is 3. The zero-order chi connectivity index (χ0) is 57.9. The first-order valence-electron chi connectivity index (χ1n) is 26.9. The van der Waals surface area contributed by atoms with E-state index in [1.807, 2.05) is 70.6 Å². The first-order chi connectivity index (χ1) is 37.7. The van der Waals surface area contributed by atoms with Crippen molar-refractivity contribution in [2.45, 2.75) is 89.3 Å². The number of benzene rings is 2. The van der Waals surface area contributed by atoms with E-state index in [0.717, 1.165) is 16.3 Å². The number of nitrogens with zero attached hydrogens (tertiary/aromatic N) is 4. The van der Waals surface area contributed by atoms with Gasteiger partial charge in [-0.1, -0.05) is 42.5 Å². The minimum atomic E-state index is -1.55. The fourth-order valence-corrected chi connectivity index (χ4v) is 9.70. The Bertz CT molecular complexity index is 2350. The van der Waals surface area contributed by atoms with Gasteiger partial charge in [-0.2, -0.15) is 0 Å². The summed E-state index contributed by atoms with van der Waals surface area (Å²) in [5, 5.41) is 43.2. The van der Waals surface area contributed by atoms with Crippen molar-refractivity contribution in [1.29, 1.82) is 0 Å². The van der Waals surface area contributed by atoms with E-state index >= 15 is 0 Å². The predicted molar refractivity (Wildman–Crippen MR) is 286 cm³/mol. The number of amides is 5. The Morgan fingerprint density at radius 2 is 1.18 bits per heavy atom. The minimum absolute atomic E-state index is 0.0114. The van der Waals surface area contributed by atoms with Crippen LogP contribution in [0.4, 0.5) is 4.79 Å². The number of aliphatic carboxylic acids is 3. The number of nitrogens with one attached hydrogen (secondary N) is 5. The topological polar surface area (TPSA) is 329 Å². The first-order valence-corrected chi connectivity index (χ1v) is 26.9. The zero-order valence-electron chi connectivity index (χ0n) is 45.9. The molecule has 2 fully saturated rings. The van der Waals surface area contributed by atoms with Crippen molar-refractivity contribution in [2.24, 2.45) is 11.8 Å². The Hall–Kier alpha value is -6.96. The SMILES string of the molecule is C[CH-][N+]1(CC(=O)NCC2CCC(C(=O)N[C@@H](Cc3ccc4ccccc4c3)C(=O)NCCCC[C@H](NC(=O)N[C@@H](CCC(=O)O)C(=O)O)C(=O)O)CC2)CCN(CC(=O)OC)CCN(CC(=O)OC)CCN(CC(=O)OC)CC1. The minimum Gasteiger partial charge on any atom is -0.481 e. The van der Waals surface area contributed by atoms with E-state index in [0.29, 0.717) is 91.0 Å². The van der Waals surface area contributed by atoms with Crippen LogP contribution in [0.15, 0.2) is 42.5 Å². The molecule has 1 aliphatic heterocycles. The van der Waals surface area contributed by atoms with Crippen LogP contribution in [-0.4, -0.2) is 225 Å². The normalized spacial score (nSPS) is 18.6. The number of methoxy groups -OCH3 is 3. The molecule has 0 aromatic heterocycles. The van der Waals surface area contributed by atoms with Crippen molar-refractivity contribution in [3.8, 4) is 0 Å². The van der Waals surface area contributed by atoms with Crippen LogP contribution in [0.5, 0.6) is 0 Å². The smallest absolute Gasteiger partial charge is 0.326 e. The number of esters is 3. The molecule has 0 radical (unpaired) electrons. The van der Waals surface area contributed by atoms with Gasteiger partial charge < -0.3 is 60.6 Å². The van der Waals surface area contributed by atoms with Crippen LogP contribution < -0.4 is 26.6 Å². The molecule has 2 aromatic rings. The molecular formula is C54H81N9O16. The molecule has 0 bridgehead atoms. The van der Waals surface area contributed by atoms with Gasteiger partial charge in [-0.25, -0.2) is 14.4 Å². The fraction of sp³-hybridized carbons (Fsp3) is 0.611. The number of rotatable bonds is 28. The molecule has 438 valence electrons. The summed E-state index contributed by atoms with van der Waals surface area (Å²) in [7, 11) is 3.96. The molecule has 79 heavy (non-hydrogen) atoms. The molecule has 2 aliphatic rings. The van der Waals surface area contributed by atoms with E-state index in [1.165, 1.54) is 21.3 Å². The van der Waals surface area contributed by atoms with Crippen molar-refractivity contribution in [3.63, 3.8) is 0 Å². The molecule has 2 aromatic carbocycles. The van der Waals surface area contributed by atoms with Crippen LogP contribution in [0.1, 0.15) is 70.3 Å². The highest BCUT2D eigenvalue weighted by atomic mass is 16.5. The van der Waals surface area contributed by atoms with Crippen LogP contribution in [0, 0.1) is 18.4 Å². The molecule has 1 saturated carbocycles. The lowest BCUT2D eigenvalue weighted by atomic mass is 9.81. The number of fused-ring (bicyclic) bond motifs is 1. The molecule has 3 atom stereocenters. The number of carboxylic acid groups (broad SMARTS) is 3. The summed E-state index contributed by atoms with van der Waals surface area (Å²) in [5.41, 5.74) is 0.818. The summed E-state index contributed by atoms with van der Waals surface area (Å²) in [5.74, 6) is -6.56. The molecular weight excluding hydrogens is 1030 g/mol. The van der Waals surface area contributed by atoms with Gasteiger partial charge in [0.05, 0.1) is 54.1 Å². The molecule has 25 nitrogen and oxygen atoms in total. The summed E-state index contributed by atoms with van der Waals surface area (Å²) in [6.07, 6.45) is 2.08. The third-order valence-corrected chi connectivity index (χ3v) is 14.7. The number of carbonyl (C=O) groups is 10. The number of carbonyl (C=O) groups excluding carboxylic acids is 7. The van der Waals surface area contributed by atoms with Crippen LogP contribution in [0.2, 0.25) is 0 Å². The van der Waals surface area contributed by atoms with Gasteiger partial charge in [0.2, 0.25) is 11.8 Å². The lowest BCUT2D eigenvalue weighted by molar-refractivity contribution is -0.890. The largest absolute Gasteiger partial charge is 0.481 e. The van der Waals surface area contributed by atoms with Gasteiger partial charge in [0.15, 0.2) is 0 Å². The summed E-state index contributed by atoms with van der Waals surface area (Å²) in [6.45, 7) is 7.95. The lowest BCUT2D eigenvalue weighted by Gasteiger charge is -2.48. The monoisotopic (exact) mass is 1110 g/mol. The highest BCUT2D eigenvalue weighted by molar-refractivity contribution is 5.90. The van der Waals surface area contributed by atoms with E-state index in [1.54, 1.807) is 0 Å².